The predicted octanol–water partition coefficient (Wildman–Crippen LogP) is 4.46. The molecule has 0 aliphatic heterocycles. The molecule has 12 heteroatoms. The molecule has 0 saturated carbocycles. The molecule has 36 heavy (non-hydrogen) atoms. The van der Waals surface area contributed by atoms with Gasteiger partial charge in [0, 0.05) is 17.6 Å². The molecule has 0 heterocycles. The fraction of sp³-hybridized carbons (Fsp3) is 0.417. The van der Waals surface area contributed by atoms with Gasteiger partial charge in [0.25, 0.3) is 0 Å². The highest BCUT2D eigenvalue weighted by Gasteiger charge is 2.33. The fourth-order valence-electron chi connectivity index (χ4n) is 3.33. The average Bonchev–Trinajstić information content (AvgIpc) is 2.79. The van der Waals surface area contributed by atoms with Gasteiger partial charge in [0.05, 0.1) is 17.5 Å². The molecule has 198 valence electrons. The number of sulfonamides is 1. The number of nitrogens with one attached hydrogen (secondary N) is 1. The van der Waals surface area contributed by atoms with Gasteiger partial charge in [-0.15, -0.1) is 0 Å². The predicted molar refractivity (Wildman–Crippen MR) is 133 cm³/mol. The van der Waals surface area contributed by atoms with Crippen molar-refractivity contribution in [1.29, 1.82) is 0 Å². The van der Waals surface area contributed by atoms with E-state index in [-0.39, 0.29) is 18.3 Å². The number of anilines is 1. The normalized spacial score (nSPS) is 13.6. The van der Waals surface area contributed by atoms with Crippen LogP contribution < -0.4 is 9.62 Å². The molecule has 0 aliphatic rings. The Bertz CT molecular complexity index is 1190. The summed E-state index contributed by atoms with van der Waals surface area (Å²) in [6.07, 6.45) is -3.26. The van der Waals surface area contributed by atoms with Gasteiger partial charge in [0.15, 0.2) is 0 Å². The van der Waals surface area contributed by atoms with Crippen molar-refractivity contribution in [1.82, 2.24) is 10.2 Å². The topological polar surface area (TPSA) is 86.8 Å². The van der Waals surface area contributed by atoms with E-state index in [0.29, 0.717) is 27.4 Å². The summed E-state index contributed by atoms with van der Waals surface area (Å²) >= 11 is 6.05. The van der Waals surface area contributed by atoms with Crippen molar-refractivity contribution in [3.05, 3.63) is 64.7 Å². The Balaban J connectivity index is 2.44. The van der Waals surface area contributed by atoms with Crippen LogP contribution in [0.15, 0.2) is 48.5 Å². The molecule has 2 amide bonds. The number of alkyl halides is 3. The summed E-state index contributed by atoms with van der Waals surface area (Å²) < 4.78 is 65.3. The number of hydrogen-bond donors (Lipinski definition) is 1. The zero-order chi connectivity index (χ0) is 27.3. The van der Waals surface area contributed by atoms with Gasteiger partial charge in [-0.25, -0.2) is 8.42 Å². The van der Waals surface area contributed by atoms with E-state index < -0.39 is 46.2 Å². The van der Waals surface area contributed by atoms with Crippen molar-refractivity contribution in [2.75, 3.05) is 17.1 Å². The quantitative estimate of drug-likeness (QED) is 0.476. The number of benzene rings is 2. The molecule has 0 fully saturated rings. The summed E-state index contributed by atoms with van der Waals surface area (Å²) in [5.74, 6) is -1.23. The van der Waals surface area contributed by atoms with Gasteiger partial charge in [-0.05, 0) is 56.2 Å². The van der Waals surface area contributed by atoms with Crippen LogP contribution in [-0.2, 0) is 32.3 Å². The Morgan fingerprint density at radius 2 is 1.72 bits per heavy atom. The van der Waals surface area contributed by atoms with Crippen LogP contribution in [-0.4, -0.2) is 50.0 Å². The van der Waals surface area contributed by atoms with E-state index in [2.05, 4.69) is 5.32 Å². The van der Waals surface area contributed by atoms with Gasteiger partial charge in [-0.2, -0.15) is 13.2 Å². The first-order valence-electron chi connectivity index (χ1n) is 11.1. The Morgan fingerprint density at radius 3 is 2.28 bits per heavy atom. The van der Waals surface area contributed by atoms with Gasteiger partial charge in [-0.3, -0.25) is 13.9 Å². The monoisotopic (exact) mass is 547 g/mol. The SMILES string of the molecule is CC[C@@H](C)NC(=O)[C@@H](C)N(Cc1cccc(Cl)c1)C(=O)CN(c1cccc(C(F)(F)F)c1)S(C)(=O)=O. The van der Waals surface area contributed by atoms with Crippen molar-refractivity contribution >= 4 is 39.1 Å². The maximum atomic E-state index is 13.4. The zero-order valence-corrected chi connectivity index (χ0v) is 21.9. The smallest absolute Gasteiger partial charge is 0.352 e. The first kappa shape index (κ1) is 29.4. The third-order valence-corrected chi connectivity index (χ3v) is 6.93. The van der Waals surface area contributed by atoms with Gasteiger partial charge in [0.2, 0.25) is 21.8 Å². The van der Waals surface area contributed by atoms with Crippen LogP contribution in [0, 0.1) is 0 Å². The van der Waals surface area contributed by atoms with Crippen LogP contribution in [0.4, 0.5) is 18.9 Å². The van der Waals surface area contributed by atoms with Gasteiger partial charge >= 0.3 is 6.18 Å². The third kappa shape index (κ3) is 8.12. The molecule has 0 unspecified atom stereocenters. The van der Waals surface area contributed by atoms with Crippen molar-refractivity contribution in [2.24, 2.45) is 0 Å². The van der Waals surface area contributed by atoms with E-state index in [1.165, 1.54) is 17.9 Å². The lowest BCUT2D eigenvalue weighted by Crippen LogP contribution is -2.52. The molecule has 0 bridgehead atoms. The van der Waals surface area contributed by atoms with Gasteiger partial charge < -0.3 is 10.2 Å². The minimum absolute atomic E-state index is 0.0747. The molecule has 2 aromatic rings. The number of amides is 2. The molecule has 7 nitrogen and oxygen atoms in total. The van der Waals surface area contributed by atoms with Gasteiger partial charge in [-0.1, -0.05) is 36.7 Å². The summed E-state index contributed by atoms with van der Waals surface area (Å²) in [5, 5.41) is 3.19. The van der Waals surface area contributed by atoms with E-state index in [4.69, 9.17) is 11.6 Å². The number of halogens is 4. The lowest BCUT2D eigenvalue weighted by atomic mass is 10.1. The largest absolute Gasteiger partial charge is 0.416 e. The highest BCUT2D eigenvalue weighted by atomic mass is 35.5. The fourth-order valence-corrected chi connectivity index (χ4v) is 4.39. The average molecular weight is 548 g/mol. The second-order valence-electron chi connectivity index (χ2n) is 8.46. The Hall–Kier alpha value is -2.79. The van der Waals surface area contributed by atoms with E-state index in [9.17, 15) is 31.2 Å². The third-order valence-electron chi connectivity index (χ3n) is 5.55. The number of rotatable bonds is 10. The number of nitrogens with zero attached hydrogens (tertiary/aromatic N) is 2. The molecule has 1 N–H and O–H groups in total. The number of carbonyl (C=O) groups excluding carboxylic acids is 2. The van der Waals surface area contributed by atoms with Crippen molar-refractivity contribution in [2.45, 2.75) is 52.0 Å². The van der Waals surface area contributed by atoms with Crippen LogP contribution in [0.5, 0.6) is 0 Å². The van der Waals surface area contributed by atoms with E-state index in [1.54, 1.807) is 31.2 Å². The van der Waals surface area contributed by atoms with E-state index >= 15 is 0 Å². The first-order valence-corrected chi connectivity index (χ1v) is 13.3. The second-order valence-corrected chi connectivity index (χ2v) is 10.8. The minimum atomic E-state index is -4.70. The summed E-state index contributed by atoms with van der Waals surface area (Å²) in [4.78, 5) is 27.4. The lowest BCUT2D eigenvalue weighted by Gasteiger charge is -2.32. The number of carbonyl (C=O) groups is 2. The highest BCUT2D eigenvalue weighted by Crippen LogP contribution is 2.32. The molecular formula is C24H29ClF3N3O4S. The van der Waals surface area contributed by atoms with Gasteiger partial charge in [0.1, 0.15) is 12.6 Å². The van der Waals surface area contributed by atoms with Crippen LogP contribution >= 0.6 is 11.6 Å². The van der Waals surface area contributed by atoms with E-state index in [0.717, 1.165) is 18.4 Å². The molecule has 0 spiro atoms. The Morgan fingerprint density at radius 1 is 1.08 bits per heavy atom. The second kappa shape index (κ2) is 12.0. The standard InChI is InChI=1S/C24H29ClF3N3O4S/c1-5-16(2)29-23(33)17(3)30(14-18-8-6-10-20(25)12-18)22(32)15-31(36(4,34)35)21-11-7-9-19(13-21)24(26,27)28/h6-13,16-17H,5,14-15H2,1-4H3,(H,29,33)/t16-,17-/m1/s1. The Labute approximate surface area is 214 Å². The van der Waals surface area contributed by atoms with Crippen LogP contribution in [0.2, 0.25) is 5.02 Å². The maximum Gasteiger partial charge on any atom is 0.416 e. The summed E-state index contributed by atoms with van der Waals surface area (Å²) in [7, 11) is -4.16. The molecule has 2 aromatic carbocycles. The van der Waals surface area contributed by atoms with Crippen molar-refractivity contribution in [3.63, 3.8) is 0 Å². The van der Waals surface area contributed by atoms with Crippen molar-refractivity contribution < 1.29 is 31.2 Å². The highest BCUT2D eigenvalue weighted by molar-refractivity contribution is 7.92. The first-order chi connectivity index (χ1) is 16.6. The van der Waals surface area contributed by atoms with Crippen LogP contribution in [0.25, 0.3) is 0 Å². The van der Waals surface area contributed by atoms with Crippen LogP contribution in [0.3, 0.4) is 0 Å². The minimum Gasteiger partial charge on any atom is -0.352 e. The van der Waals surface area contributed by atoms with E-state index in [1.807, 2.05) is 6.92 Å². The summed E-state index contributed by atoms with van der Waals surface area (Å²) in [5.41, 5.74) is -0.790. The maximum absolute atomic E-state index is 13.4. The summed E-state index contributed by atoms with van der Waals surface area (Å²) in [6, 6.07) is 9.11. The molecule has 2 atom stereocenters. The van der Waals surface area contributed by atoms with Crippen LogP contribution in [0.1, 0.15) is 38.3 Å². The zero-order valence-electron chi connectivity index (χ0n) is 20.3. The summed E-state index contributed by atoms with van der Waals surface area (Å²) in [6.45, 7) is 4.29. The molecule has 0 aromatic heterocycles. The molecule has 2 rings (SSSR count). The molecule has 0 radical (unpaired) electrons. The number of hydrogen-bond acceptors (Lipinski definition) is 4. The molecule has 0 aliphatic carbocycles. The lowest BCUT2D eigenvalue weighted by molar-refractivity contribution is -0.139. The van der Waals surface area contributed by atoms with Crippen molar-refractivity contribution in [3.8, 4) is 0 Å². The Kier molecular flexibility index (Phi) is 9.78. The molecular weight excluding hydrogens is 519 g/mol. The molecule has 0 saturated heterocycles.